The van der Waals surface area contributed by atoms with E-state index in [1.165, 1.54) is 17.2 Å². The van der Waals surface area contributed by atoms with Gasteiger partial charge in [0, 0.05) is 56.2 Å². The van der Waals surface area contributed by atoms with Crippen molar-refractivity contribution < 1.29 is 4.39 Å². The average Bonchev–Trinajstić information content (AvgIpc) is 2.75. The highest BCUT2D eigenvalue weighted by Crippen LogP contribution is 2.28. The van der Waals surface area contributed by atoms with Gasteiger partial charge in [-0.15, -0.1) is 0 Å². The van der Waals surface area contributed by atoms with E-state index in [1.807, 2.05) is 6.07 Å². The Kier molecular flexibility index (Phi) is 8.24. The van der Waals surface area contributed by atoms with E-state index in [0.717, 1.165) is 37.6 Å². The normalized spacial score (nSPS) is 14.6. The summed E-state index contributed by atoms with van der Waals surface area (Å²) >= 11 is 4.78. The van der Waals surface area contributed by atoms with Gasteiger partial charge >= 0.3 is 0 Å². The molecule has 2 aromatic carbocycles. The molecule has 0 radical (unpaired) electrons. The SMILES string of the molecule is Cc1ccc(NCCNc2cc(N3CCN(C)CC3)c(/C=N/NC(N)=S)cc2F)cc1C. The van der Waals surface area contributed by atoms with Gasteiger partial charge in [-0.1, -0.05) is 6.07 Å². The fraction of sp³-hybridized carbons (Fsp3) is 0.391. The lowest BCUT2D eigenvalue weighted by molar-refractivity contribution is 0.313. The van der Waals surface area contributed by atoms with Gasteiger partial charge in [0.15, 0.2) is 5.11 Å². The predicted octanol–water partition coefficient (Wildman–Crippen LogP) is 2.89. The second-order valence-corrected chi connectivity index (χ2v) is 8.51. The van der Waals surface area contributed by atoms with Crippen LogP contribution < -0.4 is 26.7 Å². The fourth-order valence-electron chi connectivity index (χ4n) is 3.56. The number of anilines is 3. The Bertz CT molecular complexity index is 971. The second kappa shape index (κ2) is 11.1. The molecule has 1 aliphatic heterocycles. The van der Waals surface area contributed by atoms with E-state index in [2.05, 4.69) is 70.1 Å². The smallest absolute Gasteiger partial charge is 0.184 e. The number of hydrogen-bond acceptors (Lipinski definition) is 6. The molecule has 1 saturated heterocycles. The molecule has 0 aliphatic carbocycles. The molecular weight excluding hydrogens is 425 g/mol. The Morgan fingerprint density at radius 3 is 2.50 bits per heavy atom. The zero-order valence-corrected chi connectivity index (χ0v) is 19.7. The van der Waals surface area contributed by atoms with Gasteiger partial charge in [-0.3, -0.25) is 5.43 Å². The van der Waals surface area contributed by atoms with Crippen LogP contribution >= 0.6 is 12.2 Å². The summed E-state index contributed by atoms with van der Waals surface area (Å²) in [5, 5.41) is 10.7. The van der Waals surface area contributed by atoms with E-state index >= 15 is 0 Å². The van der Waals surface area contributed by atoms with Crippen LogP contribution in [0, 0.1) is 19.7 Å². The van der Waals surface area contributed by atoms with E-state index in [4.69, 9.17) is 18.0 Å². The lowest BCUT2D eigenvalue weighted by atomic mass is 10.1. The minimum atomic E-state index is -0.328. The summed E-state index contributed by atoms with van der Waals surface area (Å²) in [6, 6.07) is 9.63. The van der Waals surface area contributed by atoms with Crippen LogP contribution in [0.15, 0.2) is 35.4 Å². The standard InChI is InChI=1S/C23H32FN7S/c1-16-4-5-19(12-17(16)2)26-6-7-27-21-14-22(31-10-8-30(3)9-11-31)18(13-20(21)24)15-28-29-23(25)32/h4-5,12-15,26-27H,6-11H2,1-3H3,(H3,25,29,32)/b28-15+. The average molecular weight is 458 g/mol. The van der Waals surface area contributed by atoms with Crippen molar-refractivity contribution in [3.8, 4) is 0 Å². The molecule has 0 aromatic heterocycles. The number of nitrogens with one attached hydrogen (secondary N) is 3. The molecule has 0 unspecified atom stereocenters. The molecule has 3 rings (SSSR count). The van der Waals surface area contributed by atoms with Crippen molar-refractivity contribution in [3.05, 3.63) is 52.8 Å². The van der Waals surface area contributed by atoms with Crippen molar-refractivity contribution in [1.29, 1.82) is 0 Å². The van der Waals surface area contributed by atoms with Crippen LogP contribution in [0.25, 0.3) is 0 Å². The molecule has 0 saturated carbocycles. The third-order valence-electron chi connectivity index (χ3n) is 5.62. The maximum absolute atomic E-state index is 14.9. The van der Waals surface area contributed by atoms with Gasteiger partial charge < -0.3 is 26.2 Å². The topological polar surface area (TPSA) is 81.0 Å². The number of nitrogens with zero attached hydrogens (tertiary/aromatic N) is 3. The van der Waals surface area contributed by atoms with Crippen LogP contribution in [0.3, 0.4) is 0 Å². The van der Waals surface area contributed by atoms with Gasteiger partial charge in [-0.25, -0.2) is 4.39 Å². The molecule has 0 spiro atoms. The third-order valence-corrected chi connectivity index (χ3v) is 5.71. The highest BCUT2D eigenvalue weighted by molar-refractivity contribution is 7.80. The first kappa shape index (κ1) is 23.7. The molecule has 7 nitrogen and oxygen atoms in total. The van der Waals surface area contributed by atoms with Crippen molar-refractivity contribution in [2.45, 2.75) is 13.8 Å². The molecule has 1 heterocycles. The summed E-state index contributed by atoms with van der Waals surface area (Å²) in [5.41, 5.74) is 13.6. The number of rotatable bonds is 8. The largest absolute Gasteiger partial charge is 0.383 e. The van der Waals surface area contributed by atoms with Gasteiger partial charge in [-0.05, 0) is 68.5 Å². The number of hydrogen-bond donors (Lipinski definition) is 4. The summed E-state index contributed by atoms with van der Waals surface area (Å²) in [6.07, 6.45) is 1.56. The van der Waals surface area contributed by atoms with Crippen molar-refractivity contribution >= 4 is 40.6 Å². The fourth-order valence-corrected chi connectivity index (χ4v) is 3.61. The van der Waals surface area contributed by atoms with E-state index in [1.54, 1.807) is 6.21 Å². The molecule has 0 atom stereocenters. The molecular formula is C23H32FN7S. The number of thiocarbonyl (C=S) groups is 1. The monoisotopic (exact) mass is 457 g/mol. The zero-order valence-electron chi connectivity index (χ0n) is 18.9. The minimum Gasteiger partial charge on any atom is -0.383 e. The Morgan fingerprint density at radius 2 is 1.81 bits per heavy atom. The molecule has 1 aliphatic rings. The number of nitrogens with two attached hydrogens (primary N) is 1. The summed E-state index contributed by atoms with van der Waals surface area (Å²) < 4.78 is 14.9. The minimum absolute atomic E-state index is 0.0671. The van der Waals surface area contributed by atoms with Crippen LogP contribution in [0.4, 0.5) is 21.5 Å². The molecule has 0 bridgehead atoms. The molecule has 172 valence electrons. The summed E-state index contributed by atoms with van der Waals surface area (Å²) in [6.45, 7) is 9.06. The van der Waals surface area contributed by atoms with E-state index in [-0.39, 0.29) is 10.9 Å². The number of hydrazone groups is 1. The Labute approximate surface area is 194 Å². The number of likely N-dealkylation sites (N-methyl/N-ethyl adjacent to an activating group) is 1. The molecule has 5 N–H and O–H groups in total. The molecule has 0 amide bonds. The molecule has 1 fully saturated rings. The lowest BCUT2D eigenvalue weighted by Gasteiger charge is -2.35. The Balaban J connectivity index is 1.70. The van der Waals surface area contributed by atoms with Crippen molar-refractivity contribution in [2.24, 2.45) is 10.8 Å². The number of aryl methyl sites for hydroxylation is 2. The molecule has 9 heteroatoms. The first-order valence-electron chi connectivity index (χ1n) is 10.7. The first-order chi connectivity index (χ1) is 15.3. The van der Waals surface area contributed by atoms with Gasteiger partial charge in [-0.2, -0.15) is 5.10 Å². The van der Waals surface area contributed by atoms with Crippen LogP contribution in [-0.4, -0.2) is 62.5 Å². The maximum atomic E-state index is 14.9. The van der Waals surface area contributed by atoms with Crippen molar-refractivity contribution in [2.75, 3.05) is 61.8 Å². The maximum Gasteiger partial charge on any atom is 0.184 e. The van der Waals surface area contributed by atoms with E-state index in [9.17, 15) is 4.39 Å². The van der Waals surface area contributed by atoms with E-state index in [0.29, 0.717) is 24.3 Å². The third kappa shape index (κ3) is 6.54. The van der Waals surface area contributed by atoms with Crippen LogP contribution in [0.1, 0.15) is 16.7 Å². The summed E-state index contributed by atoms with van der Waals surface area (Å²) in [4.78, 5) is 4.53. The predicted molar refractivity (Wildman–Crippen MR) is 137 cm³/mol. The highest BCUT2D eigenvalue weighted by Gasteiger charge is 2.19. The lowest BCUT2D eigenvalue weighted by Crippen LogP contribution is -2.44. The number of piperazine rings is 1. The number of benzene rings is 2. The summed E-state index contributed by atoms with van der Waals surface area (Å²) in [7, 11) is 2.10. The zero-order chi connectivity index (χ0) is 23.1. The quantitative estimate of drug-likeness (QED) is 0.210. The Hall–Kier alpha value is -2.91. The van der Waals surface area contributed by atoms with Gasteiger partial charge in [0.1, 0.15) is 5.82 Å². The highest BCUT2D eigenvalue weighted by atomic mass is 32.1. The molecule has 32 heavy (non-hydrogen) atoms. The van der Waals surface area contributed by atoms with Crippen LogP contribution in [-0.2, 0) is 0 Å². The van der Waals surface area contributed by atoms with Crippen molar-refractivity contribution in [3.63, 3.8) is 0 Å². The van der Waals surface area contributed by atoms with Gasteiger partial charge in [0.05, 0.1) is 11.9 Å². The first-order valence-corrected chi connectivity index (χ1v) is 11.1. The van der Waals surface area contributed by atoms with Crippen molar-refractivity contribution in [1.82, 2.24) is 10.3 Å². The number of halogens is 1. The summed E-state index contributed by atoms with van der Waals surface area (Å²) in [5.74, 6) is -0.328. The van der Waals surface area contributed by atoms with E-state index < -0.39 is 0 Å². The second-order valence-electron chi connectivity index (χ2n) is 8.07. The van der Waals surface area contributed by atoms with Gasteiger partial charge in [0.2, 0.25) is 0 Å². The van der Waals surface area contributed by atoms with Gasteiger partial charge in [0.25, 0.3) is 0 Å². The van der Waals surface area contributed by atoms with Crippen LogP contribution in [0.5, 0.6) is 0 Å². The van der Waals surface area contributed by atoms with Crippen LogP contribution in [0.2, 0.25) is 0 Å². The Morgan fingerprint density at radius 1 is 1.09 bits per heavy atom. The molecule has 2 aromatic rings.